The van der Waals surface area contributed by atoms with E-state index >= 15 is 0 Å². The molecule has 2 amide bonds. The highest BCUT2D eigenvalue weighted by Gasteiger charge is 2.26. The molecule has 2 aromatic rings. The fourth-order valence-electron chi connectivity index (χ4n) is 3.04. The number of amides is 2. The van der Waals surface area contributed by atoms with Gasteiger partial charge in [0, 0.05) is 11.6 Å². The number of rotatable bonds is 6. The molecule has 1 aliphatic rings. The highest BCUT2D eigenvalue weighted by atomic mass is 35.5. The van der Waals surface area contributed by atoms with E-state index in [1.54, 1.807) is 0 Å². The lowest BCUT2D eigenvalue weighted by Gasteiger charge is -2.29. The molecule has 7 nitrogen and oxygen atoms in total. The Morgan fingerprint density at radius 3 is 2.59 bits per heavy atom. The molecule has 0 saturated carbocycles. The van der Waals surface area contributed by atoms with Crippen molar-refractivity contribution in [2.24, 2.45) is 4.99 Å². The van der Waals surface area contributed by atoms with Crippen molar-refractivity contribution < 1.29 is 9.59 Å². The largest absolute Gasteiger partial charge is 0.347 e. The van der Waals surface area contributed by atoms with Crippen LogP contribution in [0.5, 0.6) is 0 Å². The first-order valence-electron chi connectivity index (χ1n) is 9.26. The molecule has 2 N–H and O–H groups in total. The first kappa shape index (κ1) is 20.8. The maximum Gasteiger partial charge on any atom is 0.288 e. The summed E-state index contributed by atoms with van der Waals surface area (Å²) in [7, 11) is 3.85. The van der Waals surface area contributed by atoms with Crippen molar-refractivity contribution in [3.63, 3.8) is 0 Å². The van der Waals surface area contributed by atoms with Gasteiger partial charge in [0.25, 0.3) is 11.8 Å². The van der Waals surface area contributed by atoms with Crippen molar-refractivity contribution in [3.8, 4) is 0 Å². The molecule has 1 aliphatic heterocycles. The molecule has 8 heteroatoms. The number of hydrogen-bond donors (Lipinski definition) is 2. The number of likely N-dealkylation sites (N-methyl/N-ethyl adjacent to an activating group) is 1. The molecule has 0 spiro atoms. The van der Waals surface area contributed by atoms with Crippen LogP contribution in [0.15, 0.2) is 53.5 Å². The van der Waals surface area contributed by atoms with Gasteiger partial charge in [-0.25, -0.2) is 5.01 Å². The van der Waals surface area contributed by atoms with E-state index in [1.807, 2.05) is 74.4 Å². The van der Waals surface area contributed by atoms with Gasteiger partial charge < -0.3 is 10.2 Å². The smallest absolute Gasteiger partial charge is 0.288 e. The predicted octanol–water partition coefficient (Wildman–Crippen LogP) is 2.32. The molecule has 0 saturated heterocycles. The molecule has 3 rings (SSSR count). The molecule has 0 unspecified atom stereocenters. The Morgan fingerprint density at radius 1 is 1.24 bits per heavy atom. The number of benzene rings is 2. The number of hydrogen-bond acceptors (Lipinski definition) is 5. The van der Waals surface area contributed by atoms with Gasteiger partial charge in [-0.05, 0) is 44.8 Å². The summed E-state index contributed by atoms with van der Waals surface area (Å²) in [4.78, 5) is 31.0. The van der Waals surface area contributed by atoms with E-state index in [0.29, 0.717) is 17.3 Å². The summed E-state index contributed by atoms with van der Waals surface area (Å²) in [6.45, 7) is 2.22. The van der Waals surface area contributed by atoms with Crippen molar-refractivity contribution in [2.75, 3.05) is 32.2 Å². The van der Waals surface area contributed by atoms with Gasteiger partial charge in [0.1, 0.15) is 6.54 Å². The van der Waals surface area contributed by atoms with E-state index in [2.05, 4.69) is 15.7 Å². The number of aliphatic imine (C=N–C) groups is 1. The zero-order valence-electron chi connectivity index (χ0n) is 16.6. The number of halogens is 1. The molecule has 2 aromatic carbocycles. The van der Waals surface area contributed by atoms with Gasteiger partial charge in [0.15, 0.2) is 0 Å². The van der Waals surface area contributed by atoms with Gasteiger partial charge in [0.05, 0.1) is 11.7 Å². The summed E-state index contributed by atoms with van der Waals surface area (Å²) in [5, 5.41) is 4.87. The quantitative estimate of drug-likeness (QED) is 0.762. The number of amidine groups is 1. The second-order valence-electron chi connectivity index (χ2n) is 7.05. The van der Waals surface area contributed by atoms with Gasteiger partial charge >= 0.3 is 0 Å². The van der Waals surface area contributed by atoms with E-state index in [9.17, 15) is 9.59 Å². The fraction of sp³-hybridized carbons (Fsp3) is 0.286. The minimum atomic E-state index is -0.381. The van der Waals surface area contributed by atoms with Crippen LogP contribution in [0.25, 0.3) is 0 Å². The Bertz CT molecular complexity index is 927. The zero-order valence-corrected chi connectivity index (χ0v) is 17.4. The van der Waals surface area contributed by atoms with E-state index in [1.165, 1.54) is 5.01 Å². The summed E-state index contributed by atoms with van der Waals surface area (Å²) in [6.07, 6.45) is 0. The normalized spacial score (nSPS) is 15.0. The van der Waals surface area contributed by atoms with E-state index in [4.69, 9.17) is 11.6 Å². The standard InChI is InChI=1S/C21H24ClN5O2/c1-14-8-10-15(11-9-14)27-19(28)13-23-20(25-27)21(29)24-12-18(26(2)3)16-6-4-5-7-17(16)22/h4-11,18H,12-13H2,1-3H3,(H,23,25)(H,24,29)/t18-/m0/s1. The SMILES string of the molecule is Cc1ccc(N2NC(C(=O)NC[C@@H](c3ccccc3Cl)N(C)C)=NCC2=O)cc1. The average Bonchev–Trinajstić information content (AvgIpc) is 2.70. The topological polar surface area (TPSA) is 77.0 Å². The molecule has 29 heavy (non-hydrogen) atoms. The van der Waals surface area contributed by atoms with Crippen molar-refractivity contribution in [3.05, 3.63) is 64.7 Å². The molecule has 1 atom stereocenters. The molecule has 152 valence electrons. The first-order valence-corrected chi connectivity index (χ1v) is 9.64. The molecular weight excluding hydrogens is 390 g/mol. The van der Waals surface area contributed by atoms with Crippen molar-refractivity contribution in [2.45, 2.75) is 13.0 Å². The van der Waals surface area contributed by atoms with Crippen LogP contribution in [-0.2, 0) is 9.59 Å². The number of nitrogens with zero attached hydrogens (tertiary/aromatic N) is 3. The summed E-state index contributed by atoms with van der Waals surface area (Å²) in [5.74, 6) is -0.511. The van der Waals surface area contributed by atoms with Crippen LogP contribution in [0.3, 0.4) is 0 Å². The minimum absolute atomic E-state index is 0.0920. The zero-order chi connectivity index (χ0) is 21.0. The minimum Gasteiger partial charge on any atom is -0.347 e. The Labute approximate surface area is 175 Å². The van der Waals surface area contributed by atoms with Crippen LogP contribution in [0, 0.1) is 6.92 Å². The molecule has 0 fully saturated rings. The first-order chi connectivity index (χ1) is 13.9. The van der Waals surface area contributed by atoms with Gasteiger partial charge in [-0.3, -0.25) is 20.0 Å². The molecular formula is C21H24ClN5O2. The lowest BCUT2D eigenvalue weighted by Crippen LogP contribution is -2.56. The van der Waals surface area contributed by atoms with Crippen molar-refractivity contribution in [1.29, 1.82) is 0 Å². The summed E-state index contributed by atoms with van der Waals surface area (Å²) >= 11 is 6.32. The number of aryl methyl sites for hydroxylation is 1. The number of carbonyl (C=O) groups is 2. The van der Waals surface area contributed by atoms with Crippen LogP contribution < -0.4 is 15.8 Å². The third kappa shape index (κ3) is 4.93. The Balaban J connectivity index is 1.69. The summed E-state index contributed by atoms with van der Waals surface area (Å²) in [6, 6.07) is 14.9. The van der Waals surface area contributed by atoms with E-state index < -0.39 is 0 Å². The highest BCUT2D eigenvalue weighted by Crippen LogP contribution is 2.25. The lowest BCUT2D eigenvalue weighted by atomic mass is 10.1. The number of nitrogens with one attached hydrogen (secondary N) is 2. The van der Waals surface area contributed by atoms with Crippen LogP contribution in [0.4, 0.5) is 5.69 Å². The number of hydrazine groups is 1. The molecule has 0 bridgehead atoms. The van der Waals surface area contributed by atoms with Crippen LogP contribution >= 0.6 is 11.6 Å². The Morgan fingerprint density at radius 2 is 1.93 bits per heavy atom. The molecule has 0 radical (unpaired) electrons. The van der Waals surface area contributed by atoms with Crippen LogP contribution in [-0.4, -0.2) is 49.7 Å². The molecule has 0 aliphatic carbocycles. The predicted molar refractivity (Wildman–Crippen MR) is 115 cm³/mol. The lowest BCUT2D eigenvalue weighted by molar-refractivity contribution is -0.118. The van der Waals surface area contributed by atoms with Crippen molar-refractivity contribution >= 4 is 34.9 Å². The van der Waals surface area contributed by atoms with Gasteiger partial charge in [-0.1, -0.05) is 47.5 Å². The third-order valence-electron chi connectivity index (χ3n) is 4.69. The Kier molecular flexibility index (Phi) is 6.51. The van der Waals surface area contributed by atoms with Crippen LogP contribution in [0.2, 0.25) is 5.02 Å². The van der Waals surface area contributed by atoms with E-state index in [-0.39, 0.29) is 30.2 Å². The van der Waals surface area contributed by atoms with Gasteiger partial charge in [-0.15, -0.1) is 0 Å². The number of anilines is 1. The molecule has 1 heterocycles. The second kappa shape index (κ2) is 9.07. The Hall–Kier alpha value is -2.90. The maximum atomic E-state index is 12.7. The third-order valence-corrected chi connectivity index (χ3v) is 5.03. The second-order valence-corrected chi connectivity index (χ2v) is 7.46. The van der Waals surface area contributed by atoms with Gasteiger partial charge in [0.2, 0.25) is 5.84 Å². The van der Waals surface area contributed by atoms with Crippen molar-refractivity contribution in [1.82, 2.24) is 15.6 Å². The summed E-state index contributed by atoms with van der Waals surface area (Å²) < 4.78 is 0. The van der Waals surface area contributed by atoms with Gasteiger partial charge in [-0.2, -0.15) is 0 Å². The van der Waals surface area contributed by atoms with E-state index in [0.717, 1.165) is 11.1 Å². The average molecular weight is 414 g/mol. The number of carbonyl (C=O) groups excluding carboxylic acids is 2. The fourth-order valence-corrected chi connectivity index (χ4v) is 3.30. The molecule has 0 aromatic heterocycles. The maximum absolute atomic E-state index is 12.7. The monoisotopic (exact) mass is 413 g/mol. The highest BCUT2D eigenvalue weighted by molar-refractivity contribution is 6.39. The van der Waals surface area contributed by atoms with Crippen LogP contribution in [0.1, 0.15) is 17.2 Å². The summed E-state index contributed by atoms with van der Waals surface area (Å²) in [5.41, 5.74) is 5.49.